The Morgan fingerprint density at radius 3 is 2.32 bits per heavy atom. The highest BCUT2D eigenvalue weighted by Crippen LogP contribution is 2.08. The Bertz CT molecular complexity index is 514. The van der Waals surface area contributed by atoms with Gasteiger partial charge in [-0.1, -0.05) is 25.1 Å². The van der Waals surface area contributed by atoms with E-state index in [-0.39, 0.29) is 16.8 Å². The Morgan fingerprint density at radius 1 is 1.21 bits per heavy atom. The molecule has 0 aromatic heterocycles. The lowest BCUT2D eigenvalue weighted by molar-refractivity contribution is -0.122. The Hall–Kier alpha value is -1.40. The molecule has 106 valence electrons. The lowest BCUT2D eigenvalue weighted by Gasteiger charge is -2.17. The van der Waals surface area contributed by atoms with Crippen LogP contribution in [0.25, 0.3) is 0 Å². The van der Waals surface area contributed by atoms with Crippen molar-refractivity contribution in [1.29, 1.82) is 0 Å². The van der Waals surface area contributed by atoms with Crippen LogP contribution in [-0.2, 0) is 14.8 Å². The van der Waals surface area contributed by atoms with Crippen LogP contribution in [-0.4, -0.2) is 26.4 Å². The number of benzene rings is 1. The lowest BCUT2D eigenvalue weighted by atomic mass is 10.2. The molecule has 1 aromatic carbocycles. The third-order valence-corrected chi connectivity index (χ3v) is 4.34. The molecule has 0 saturated heterocycles. The maximum absolute atomic E-state index is 12.0. The number of carbonyl (C=O) groups excluding carboxylic acids is 1. The summed E-state index contributed by atoms with van der Waals surface area (Å²) in [6.07, 6.45) is 0.796. The van der Waals surface area contributed by atoms with Gasteiger partial charge in [0.2, 0.25) is 15.9 Å². The average Bonchev–Trinajstić information content (AvgIpc) is 2.39. The van der Waals surface area contributed by atoms with Gasteiger partial charge in [0.1, 0.15) is 0 Å². The van der Waals surface area contributed by atoms with E-state index in [1.54, 1.807) is 18.2 Å². The van der Waals surface area contributed by atoms with Crippen molar-refractivity contribution in [2.45, 2.75) is 44.2 Å². The molecule has 6 heteroatoms. The summed E-state index contributed by atoms with van der Waals surface area (Å²) in [6.45, 7) is 5.35. The molecule has 1 amide bonds. The predicted molar refractivity (Wildman–Crippen MR) is 74.1 cm³/mol. The Labute approximate surface area is 114 Å². The molecule has 0 heterocycles. The largest absolute Gasteiger partial charge is 0.352 e. The van der Waals surface area contributed by atoms with E-state index >= 15 is 0 Å². The lowest BCUT2D eigenvalue weighted by Crippen LogP contribution is -2.47. The minimum Gasteiger partial charge on any atom is -0.352 e. The third-order valence-electron chi connectivity index (χ3n) is 2.78. The molecule has 1 rings (SSSR count). The summed E-state index contributed by atoms with van der Waals surface area (Å²) in [5, 5.41) is 2.74. The fourth-order valence-corrected chi connectivity index (χ4v) is 2.65. The summed E-state index contributed by atoms with van der Waals surface area (Å²) in [4.78, 5) is 11.9. The van der Waals surface area contributed by atoms with E-state index < -0.39 is 16.1 Å². The van der Waals surface area contributed by atoms with Crippen molar-refractivity contribution >= 4 is 15.9 Å². The topological polar surface area (TPSA) is 75.3 Å². The number of carbonyl (C=O) groups is 1. The molecule has 0 unspecified atom stereocenters. The number of rotatable bonds is 6. The predicted octanol–water partition coefficient (Wildman–Crippen LogP) is 1.27. The van der Waals surface area contributed by atoms with Crippen LogP contribution in [0.2, 0.25) is 0 Å². The Kier molecular flexibility index (Phi) is 5.50. The standard InChI is InChI=1S/C13H20N2O3S/c1-4-10(2)14-13(16)11(3)15-19(17,18)12-8-6-5-7-9-12/h5-11,15H,4H2,1-3H3,(H,14,16)/t10-,11-/m1/s1. The summed E-state index contributed by atoms with van der Waals surface area (Å²) in [7, 11) is -3.66. The second-order valence-corrected chi connectivity index (χ2v) is 6.19. The first-order valence-electron chi connectivity index (χ1n) is 6.24. The first kappa shape index (κ1) is 15.7. The second-order valence-electron chi connectivity index (χ2n) is 4.47. The molecule has 0 aliphatic heterocycles. The van der Waals surface area contributed by atoms with Crippen LogP contribution >= 0.6 is 0 Å². The quantitative estimate of drug-likeness (QED) is 0.826. The van der Waals surface area contributed by atoms with E-state index in [9.17, 15) is 13.2 Å². The second kappa shape index (κ2) is 6.68. The number of hydrogen-bond acceptors (Lipinski definition) is 3. The number of nitrogens with one attached hydrogen (secondary N) is 2. The van der Waals surface area contributed by atoms with Crippen molar-refractivity contribution in [3.63, 3.8) is 0 Å². The van der Waals surface area contributed by atoms with Gasteiger partial charge in [0.15, 0.2) is 0 Å². The number of sulfonamides is 1. The molecule has 0 saturated carbocycles. The minimum absolute atomic E-state index is 0.0242. The van der Waals surface area contributed by atoms with Crippen molar-refractivity contribution in [2.24, 2.45) is 0 Å². The van der Waals surface area contributed by atoms with Gasteiger partial charge in [-0.05, 0) is 32.4 Å². The molecule has 0 aliphatic rings. The van der Waals surface area contributed by atoms with Crippen molar-refractivity contribution < 1.29 is 13.2 Å². The van der Waals surface area contributed by atoms with E-state index in [1.165, 1.54) is 19.1 Å². The van der Waals surface area contributed by atoms with Crippen LogP contribution in [0.5, 0.6) is 0 Å². The molecule has 2 N–H and O–H groups in total. The van der Waals surface area contributed by atoms with Gasteiger partial charge in [0, 0.05) is 6.04 Å². The minimum atomic E-state index is -3.66. The van der Waals surface area contributed by atoms with Crippen LogP contribution in [0.4, 0.5) is 0 Å². The molecular weight excluding hydrogens is 264 g/mol. The third kappa shape index (κ3) is 4.65. The zero-order valence-electron chi connectivity index (χ0n) is 11.4. The van der Waals surface area contributed by atoms with Crippen LogP contribution < -0.4 is 10.0 Å². The number of amides is 1. The zero-order chi connectivity index (χ0) is 14.5. The molecule has 1 aromatic rings. The van der Waals surface area contributed by atoms with Crippen molar-refractivity contribution in [3.8, 4) is 0 Å². The number of hydrogen-bond donors (Lipinski definition) is 2. The van der Waals surface area contributed by atoms with Gasteiger partial charge in [-0.3, -0.25) is 4.79 Å². The van der Waals surface area contributed by atoms with Gasteiger partial charge in [-0.2, -0.15) is 4.72 Å². The first-order valence-corrected chi connectivity index (χ1v) is 7.73. The van der Waals surface area contributed by atoms with Crippen LogP contribution in [0.3, 0.4) is 0 Å². The van der Waals surface area contributed by atoms with Gasteiger partial charge in [-0.15, -0.1) is 0 Å². The summed E-state index contributed by atoms with van der Waals surface area (Å²) in [5.41, 5.74) is 0. The molecular formula is C13H20N2O3S. The normalized spacial score (nSPS) is 14.7. The summed E-state index contributed by atoms with van der Waals surface area (Å²) < 4.78 is 26.4. The highest BCUT2D eigenvalue weighted by atomic mass is 32.2. The fraction of sp³-hybridized carbons (Fsp3) is 0.462. The first-order chi connectivity index (χ1) is 8.86. The van der Waals surface area contributed by atoms with Crippen molar-refractivity contribution in [3.05, 3.63) is 30.3 Å². The monoisotopic (exact) mass is 284 g/mol. The fourth-order valence-electron chi connectivity index (χ4n) is 1.42. The van der Waals surface area contributed by atoms with Crippen molar-refractivity contribution in [2.75, 3.05) is 0 Å². The molecule has 0 spiro atoms. The Balaban J connectivity index is 2.71. The summed E-state index contributed by atoms with van der Waals surface area (Å²) >= 11 is 0. The highest BCUT2D eigenvalue weighted by molar-refractivity contribution is 7.89. The maximum Gasteiger partial charge on any atom is 0.241 e. The van der Waals surface area contributed by atoms with E-state index in [0.29, 0.717) is 0 Å². The summed E-state index contributed by atoms with van der Waals surface area (Å²) in [6, 6.07) is 7.20. The van der Waals surface area contributed by atoms with Crippen molar-refractivity contribution in [1.82, 2.24) is 10.0 Å². The average molecular weight is 284 g/mol. The molecule has 0 aliphatic carbocycles. The van der Waals surface area contributed by atoms with Gasteiger partial charge in [0.25, 0.3) is 0 Å². The SMILES string of the molecule is CC[C@@H](C)NC(=O)[C@@H](C)NS(=O)(=O)c1ccccc1. The maximum atomic E-state index is 12.0. The highest BCUT2D eigenvalue weighted by Gasteiger charge is 2.22. The van der Waals surface area contributed by atoms with Crippen LogP contribution in [0.1, 0.15) is 27.2 Å². The molecule has 19 heavy (non-hydrogen) atoms. The zero-order valence-corrected chi connectivity index (χ0v) is 12.2. The molecule has 0 bridgehead atoms. The Morgan fingerprint density at radius 2 is 1.79 bits per heavy atom. The smallest absolute Gasteiger partial charge is 0.241 e. The van der Waals surface area contributed by atoms with Gasteiger partial charge in [0.05, 0.1) is 10.9 Å². The molecule has 5 nitrogen and oxygen atoms in total. The van der Waals surface area contributed by atoms with Gasteiger partial charge in [-0.25, -0.2) is 8.42 Å². The van der Waals surface area contributed by atoms with Gasteiger partial charge >= 0.3 is 0 Å². The molecule has 2 atom stereocenters. The van der Waals surface area contributed by atoms with Crippen LogP contribution in [0, 0.1) is 0 Å². The van der Waals surface area contributed by atoms with Gasteiger partial charge < -0.3 is 5.32 Å². The van der Waals surface area contributed by atoms with E-state index in [2.05, 4.69) is 10.0 Å². The molecule has 0 radical (unpaired) electrons. The van der Waals surface area contributed by atoms with E-state index in [0.717, 1.165) is 6.42 Å². The van der Waals surface area contributed by atoms with E-state index in [1.807, 2.05) is 13.8 Å². The van der Waals surface area contributed by atoms with Crippen LogP contribution in [0.15, 0.2) is 35.2 Å². The summed E-state index contributed by atoms with van der Waals surface area (Å²) in [5.74, 6) is -0.325. The van der Waals surface area contributed by atoms with E-state index in [4.69, 9.17) is 0 Å². The molecule has 0 fully saturated rings.